The molecule has 1 saturated heterocycles. The minimum absolute atomic E-state index is 0.0403. The van der Waals surface area contributed by atoms with Crippen LogP contribution >= 0.6 is 0 Å². The van der Waals surface area contributed by atoms with Crippen molar-refractivity contribution >= 4 is 40.2 Å². The van der Waals surface area contributed by atoms with Gasteiger partial charge in [0, 0.05) is 54.7 Å². The first kappa shape index (κ1) is 43.4. The number of halogens is 12. The van der Waals surface area contributed by atoms with Crippen LogP contribution in [0.1, 0.15) is 11.3 Å². The highest BCUT2D eigenvalue weighted by atomic mass is 19.4. The number of fused-ring (bicyclic) bond motifs is 1. The predicted octanol–water partition coefficient (Wildman–Crippen LogP) is 7.18. The van der Waals surface area contributed by atoms with Crippen molar-refractivity contribution in [1.82, 2.24) is 15.2 Å². The molecule has 0 radical (unpaired) electrons. The van der Waals surface area contributed by atoms with Crippen LogP contribution in [0.25, 0.3) is 22.0 Å². The van der Waals surface area contributed by atoms with Crippen LogP contribution < -0.4 is 9.80 Å². The van der Waals surface area contributed by atoms with E-state index in [0.29, 0.717) is 5.56 Å². The zero-order valence-electron chi connectivity index (χ0n) is 26.5. The van der Waals surface area contributed by atoms with Gasteiger partial charge in [-0.2, -0.15) is 57.8 Å². The maximum Gasteiger partial charge on any atom is 0.490 e. The van der Waals surface area contributed by atoms with Crippen LogP contribution in [0.3, 0.4) is 0 Å². The second-order valence-electron chi connectivity index (χ2n) is 10.4. The number of nitrogens with zero attached hydrogens (tertiary/aromatic N) is 4. The maximum atomic E-state index is 13.4. The molecular formula is C30H25F12N5O6. The average molecular weight is 780 g/mol. The van der Waals surface area contributed by atoms with Crippen LogP contribution in [0, 0.1) is 6.92 Å². The predicted molar refractivity (Wildman–Crippen MR) is 161 cm³/mol. The van der Waals surface area contributed by atoms with E-state index in [1.54, 1.807) is 24.4 Å². The van der Waals surface area contributed by atoms with Crippen LogP contribution in [0.5, 0.6) is 0 Å². The smallest absolute Gasteiger partial charge is 0.475 e. The van der Waals surface area contributed by atoms with Gasteiger partial charge in [-0.1, -0.05) is 24.3 Å². The number of pyridine rings is 1. The van der Waals surface area contributed by atoms with E-state index in [4.69, 9.17) is 29.7 Å². The first-order valence-electron chi connectivity index (χ1n) is 14.2. The summed E-state index contributed by atoms with van der Waals surface area (Å²) >= 11 is 0. The first-order chi connectivity index (χ1) is 24.2. The van der Waals surface area contributed by atoms with Crippen molar-refractivity contribution in [2.24, 2.45) is 0 Å². The van der Waals surface area contributed by atoms with E-state index in [1.165, 1.54) is 17.4 Å². The molecule has 1 fully saturated rings. The highest BCUT2D eigenvalue weighted by Crippen LogP contribution is 2.37. The van der Waals surface area contributed by atoms with Gasteiger partial charge in [-0.15, -0.1) is 0 Å². The van der Waals surface area contributed by atoms with Gasteiger partial charge >= 0.3 is 42.6 Å². The number of rotatable bonds is 3. The number of aliphatic carboxylic acids is 3. The normalized spacial score (nSPS) is 13.5. The fourth-order valence-electron chi connectivity index (χ4n) is 4.40. The topological polar surface area (TPSA) is 160 Å². The summed E-state index contributed by atoms with van der Waals surface area (Å²) in [6, 6.07) is 15.5. The molecule has 290 valence electrons. The number of H-pyrrole nitrogens is 1. The number of carboxylic acid groups (broad SMARTS) is 3. The summed E-state index contributed by atoms with van der Waals surface area (Å²) in [7, 11) is 0. The molecule has 11 nitrogen and oxygen atoms in total. The minimum Gasteiger partial charge on any atom is -0.475 e. The molecule has 1 aliphatic rings. The highest BCUT2D eigenvalue weighted by Gasteiger charge is 2.39. The molecule has 3 heterocycles. The van der Waals surface area contributed by atoms with Crippen LogP contribution in [0.15, 0.2) is 60.9 Å². The van der Waals surface area contributed by atoms with Crippen LogP contribution in [0.2, 0.25) is 0 Å². The first-order valence-corrected chi connectivity index (χ1v) is 14.2. The molecule has 2 aromatic carbocycles. The summed E-state index contributed by atoms with van der Waals surface area (Å²) in [5, 5.41) is 27.9. The van der Waals surface area contributed by atoms with E-state index in [1.807, 2.05) is 12.1 Å². The Morgan fingerprint density at radius 2 is 1.13 bits per heavy atom. The number of benzene rings is 2. The fourth-order valence-corrected chi connectivity index (χ4v) is 4.40. The van der Waals surface area contributed by atoms with Gasteiger partial charge in [0.2, 0.25) is 0 Å². The maximum absolute atomic E-state index is 13.4. The number of piperazine rings is 1. The number of para-hydroxylation sites is 1. The zero-order valence-corrected chi connectivity index (χ0v) is 26.5. The van der Waals surface area contributed by atoms with Gasteiger partial charge in [0.05, 0.1) is 11.7 Å². The summed E-state index contributed by atoms with van der Waals surface area (Å²) in [5.74, 6) is -8.27. The Hall–Kier alpha value is -5.77. The Bertz CT molecular complexity index is 1810. The molecule has 0 atom stereocenters. The van der Waals surface area contributed by atoms with E-state index in [9.17, 15) is 52.7 Å². The Kier molecular flexibility index (Phi) is 14.1. The SMILES string of the molecule is Cc1ccccc1N1CCN(c2ccnc3ccc(-c4cn[nH]c4C(F)(F)F)cc23)CC1.O=C(O)C(F)(F)F.O=C(O)C(F)(F)F.O=C(O)C(F)(F)F. The van der Waals surface area contributed by atoms with Crippen molar-refractivity contribution in [3.63, 3.8) is 0 Å². The summed E-state index contributed by atoms with van der Waals surface area (Å²) < 4.78 is 135. The lowest BCUT2D eigenvalue weighted by molar-refractivity contribution is -0.193. The van der Waals surface area contributed by atoms with Crippen LogP contribution in [0.4, 0.5) is 64.1 Å². The number of hydrogen-bond acceptors (Lipinski definition) is 7. The van der Waals surface area contributed by atoms with Crippen molar-refractivity contribution in [2.75, 3.05) is 36.0 Å². The molecule has 23 heteroatoms. The van der Waals surface area contributed by atoms with Gasteiger partial charge in [-0.3, -0.25) is 10.1 Å². The third-order valence-electron chi connectivity index (χ3n) is 6.76. The average Bonchev–Trinajstić information content (AvgIpc) is 3.56. The lowest BCUT2D eigenvalue weighted by Gasteiger charge is -2.38. The molecular weight excluding hydrogens is 754 g/mol. The second kappa shape index (κ2) is 17.2. The van der Waals surface area contributed by atoms with Gasteiger partial charge in [-0.25, -0.2) is 14.4 Å². The Morgan fingerprint density at radius 3 is 1.57 bits per heavy atom. The molecule has 1 aliphatic heterocycles. The lowest BCUT2D eigenvalue weighted by Crippen LogP contribution is -2.46. The molecule has 5 rings (SSSR count). The molecule has 0 unspecified atom stereocenters. The van der Waals surface area contributed by atoms with E-state index >= 15 is 0 Å². The van der Waals surface area contributed by atoms with Gasteiger partial charge in [-0.05, 0) is 42.3 Å². The molecule has 0 saturated carbocycles. The Morgan fingerprint density at radius 1 is 0.679 bits per heavy atom. The molecule has 4 aromatic rings. The number of alkyl halides is 12. The molecule has 4 N–H and O–H groups in total. The van der Waals surface area contributed by atoms with Crippen molar-refractivity contribution in [3.05, 3.63) is 72.2 Å². The molecule has 53 heavy (non-hydrogen) atoms. The third kappa shape index (κ3) is 12.7. The fraction of sp³-hybridized carbons (Fsp3) is 0.300. The summed E-state index contributed by atoms with van der Waals surface area (Å²) in [6.07, 6.45) is -16.8. The standard InChI is InChI=1S/C24H22F3N5.3C2HF3O2/c1-16-4-2-3-5-21(16)31-10-12-32(13-11-31)22-8-9-28-20-7-6-17(14-18(20)22)19-15-29-30-23(19)24(25,26)27;3*3-2(4,5)1(6)7/h2-9,14-15H,10-13H2,1H3,(H,29,30);3*(H,6,7). The van der Waals surface area contributed by atoms with Crippen LogP contribution in [-0.2, 0) is 20.6 Å². The summed E-state index contributed by atoms with van der Waals surface area (Å²) in [4.78, 5) is 35.8. The Balaban J connectivity index is 0.000000379. The highest BCUT2D eigenvalue weighted by molar-refractivity contribution is 5.95. The van der Waals surface area contributed by atoms with E-state index < -0.39 is 48.3 Å². The summed E-state index contributed by atoms with van der Waals surface area (Å²) in [6.45, 7) is 5.49. The summed E-state index contributed by atoms with van der Waals surface area (Å²) in [5.41, 5.74) is 3.90. The van der Waals surface area contributed by atoms with E-state index in [-0.39, 0.29) is 5.56 Å². The third-order valence-corrected chi connectivity index (χ3v) is 6.76. The molecule has 0 spiro atoms. The molecule has 0 aliphatic carbocycles. The van der Waals surface area contributed by atoms with Crippen molar-refractivity contribution in [2.45, 2.75) is 31.6 Å². The number of anilines is 2. The van der Waals surface area contributed by atoms with Crippen molar-refractivity contribution in [3.8, 4) is 11.1 Å². The lowest BCUT2D eigenvalue weighted by atomic mass is 10.0. The molecule has 2 aromatic heterocycles. The zero-order chi connectivity index (χ0) is 40.5. The van der Waals surface area contributed by atoms with Crippen molar-refractivity contribution in [1.29, 1.82) is 0 Å². The largest absolute Gasteiger partial charge is 0.490 e. The number of aromatic nitrogens is 3. The monoisotopic (exact) mass is 779 g/mol. The number of aromatic amines is 1. The quantitative estimate of drug-likeness (QED) is 0.157. The molecule has 0 amide bonds. The van der Waals surface area contributed by atoms with Gasteiger partial charge in [0.15, 0.2) is 0 Å². The van der Waals surface area contributed by atoms with E-state index in [2.05, 4.69) is 50.1 Å². The minimum atomic E-state index is -5.08. The second-order valence-corrected chi connectivity index (χ2v) is 10.4. The number of carboxylic acids is 3. The molecule has 0 bridgehead atoms. The van der Waals surface area contributed by atoms with Gasteiger partial charge in [0.1, 0.15) is 5.69 Å². The van der Waals surface area contributed by atoms with Crippen molar-refractivity contribution < 1.29 is 82.4 Å². The Labute approximate surface area is 289 Å². The van der Waals surface area contributed by atoms with Crippen LogP contribution in [-0.4, -0.2) is 93.1 Å². The number of carbonyl (C=O) groups is 3. The van der Waals surface area contributed by atoms with E-state index in [0.717, 1.165) is 42.8 Å². The van der Waals surface area contributed by atoms with Gasteiger partial charge in [0.25, 0.3) is 0 Å². The number of aryl methyl sites for hydroxylation is 1. The number of nitrogens with one attached hydrogen (secondary N) is 1. The number of hydrogen-bond donors (Lipinski definition) is 4. The van der Waals surface area contributed by atoms with Gasteiger partial charge < -0.3 is 25.1 Å².